The van der Waals surface area contributed by atoms with Crippen LogP contribution in [0, 0.1) is 5.92 Å². The molecule has 3 rings (SSSR count). The summed E-state index contributed by atoms with van der Waals surface area (Å²) in [5.74, 6) is -2.07. The van der Waals surface area contributed by atoms with E-state index >= 15 is 0 Å². The molecule has 0 aromatic heterocycles. The van der Waals surface area contributed by atoms with E-state index in [0.717, 1.165) is 15.4 Å². The summed E-state index contributed by atoms with van der Waals surface area (Å²) >= 11 is 0. The smallest absolute Gasteiger partial charge is 0.334 e. The Morgan fingerprint density at radius 1 is 1.04 bits per heavy atom. The molecule has 0 unspecified atom stereocenters. The molecule has 0 saturated carbocycles. The molecular weight excluding hydrogens is 346 g/mol. The first-order chi connectivity index (χ1) is 12.9. The molecule has 0 N–H and O–H groups in total. The first kappa shape index (κ1) is 18.8. The van der Waals surface area contributed by atoms with Gasteiger partial charge < -0.3 is 4.90 Å². The van der Waals surface area contributed by atoms with Gasteiger partial charge in [0, 0.05) is 19.6 Å². The number of carbonyl (C=O) groups is 4. The highest BCUT2D eigenvalue weighted by Crippen LogP contribution is 2.22. The monoisotopic (exact) mass is 369 g/mol. The van der Waals surface area contributed by atoms with Gasteiger partial charge in [0.05, 0.1) is 0 Å². The van der Waals surface area contributed by atoms with Gasteiger partial charge in [-0.05, 0) is 23.5 Å². The van der Waals surface area contributed by atoms with Crippen molar-refractivity contribution in [2.45, 2.75) is 20.3 Å². The first-order valence-electron chi connectivity index (χ1n) is 9.08. The van der Waals surface area contributed by atoms with Gasteiger partial charge in [-0.2, -0.15) is 0 Å². The van der Waals surface area contributed by atoms with Gasteiger partial charge in [-0.25, -0.2) is 9.69 Å². The fourth-order valence-corrected chi connectivity index (χ4v) is 3.26. The number of benzene rings is 1. The SMILES string of the molecule is CC(C)CN1C(=O)C(=O)N(CC(=O)N2CC=C(c3ccccc3)CC2)C1=O. The quantitative estimate of drug-likeness (QED) is 0.585. The van der Waals surface area contributed by atoms with Gasteiger partial charge in [-0.3, -0.25) is 19.3 Å². The van der Waals surface area contributed by atoms with Crippen LogP contribution in [-0.2, 0) is 14.4 Å². The Hall–Kier alpha value is -2.96. The molecule has 5 amide bonds. The zero-order chi connectivity index (χ0) is 19.6. The van der Waals surface area contributed by atoms with Crippen LogP contribution in [0.2, 0.25) is 0 Å². The molecule has 1 saturated heterocycles. The Morgan fingerprint density at radius 2 is 1.70 bits per heavy atom. The van der Waals surface area contributed by atoms with E-state index in [1.54, 1.807) is 4.90 Å². The fourth-order valence-electron chi connectivity index (χ4n) is 3.26. The second-order valence-electron chi connectivity index (χ2n) is 7.17. The predicted octanol–water partition coefficient (Wildman–Crippen LogP) is 1.75. The van der Waals surface area contributed by atoms with Crippen molar-refractivity contribution in [1.29, 1.82) is 0 Å². The Labute approximate surface area is 158 Å². The Kier molecular flexibility index (Phi) is 5.39. The summed E-state index contributed by atoms with van der Waals surface area (Å²) in [5.41, 5.74) is 2.30. The Bertz CT molecular complexity index is 801. The van der Waals surface area contributed by atoms with Crippen molar-refractivity contribution in [3.05, 3.63) is 42.0 Å². The Balaban J connectivity index is 1.63. The number of amides is 5. The zero-order valence-electron chi connectivity index (χ0n) is 15.6. The van der Waals surface area contributed by atoms with E-state index in [1.165, 1.54) is 5.57 Å². The number of hydrogen-bond donors (Lipinski definition) is 0. The number of rotatable bonds is 5. The van der Waals surface area contributed by atoms with Crippen molar-refractivity contribution >= 4 is 29.3 Å². The molecule has 0 bridgehead atoms. The highest BCUT2D eigenvalue weighted by molar-refractivity contribution is 6.45. The van der Waals surface area contributed by atoms with Gasteiger partial charge in [-0.15, -0.1) is 0 Å². The highest BCUT2D eigenvalue weighted by Gasteiger charge is 2.45. The predicted molar refractivity (Wildman–Crippen MR) is 99.3 cm³/mol. The lowest BCUT2D eigenvalue weighted by atomic mass is 9.99. The fraction of sp³-hybridized carbons (Fsp3) is 0.400. The maximum Gasteiger partial charge on any atom is 0.334 e. The largest absolute Gasteiger partial charge is 0.337 e. The van der Waals surface area contributed by atoms with Crippen LogP contribution in [0.4, 0.5) is 4.79 Å². The minimum Gasteiger partial charge on any atom is -0.337 e. The van der Waals surface area contributed by atoms with E-state index in [0.29, 0.717) is 19.5 Å². The van der Waals surface area contributed by atoms with Gasteiger partial charge in [0.1, 0.15) is 6.54 Å². The van der Waals surface area contributed by atoms with Crippen LogP contribution in [0.15, 0.2) is 36.4 Å². The third-order valence-electron chi connectivity index (χ3n) is 4.68. The van der Waals surface area contributed by atoms with Gasteiger partial charge in [-0.1, -0.05) is 50.3 Å². The minimum absolute atomic E-state index is 0.0463. The van der Waals surface area contributed by atoms with Gasteiger partial charge in [0.15, 0.2) is 0 Å². The average molecular weight is 369 g/mol. The number of nitrogens with zero attached hydrogens (tertiary/aromatic N) is 3. The molecule has 0 spiro atoms. The zero-order valence-corrected chi connectivity index (χ0v) is 15.6. The van der Waals surface area contributed by atoms with Crippen molar-refractivity contribution in [3.63, 3.8) is 0 Å². The first-order valence-corrected chi connectivity index (χ1v) is 9.08. The molecule has 2 aliphatic heterocycles. The molecule has 142 valence electrons. The second-order valence-corrected chi connectivity index (χ2v) is 7.17. The molecule has 7 nitrogen and oxygen atoms in total. The van der Waals surface area contributed by atoms with E-state index in [2.05, 4.69) is 0 Å². The van der Waals surface area contributed by atoms with Crippen LogP contribution in [0.1, 0.15) is 25.8 Å². The minimum atomic E-state index is -0.925. The third kappa shape index (κ3) is 3.92. The van der Waals surface area contributed by atoms with E-state index in [1.807, 2.05) is 50.3 Å². The van der Waals surface area contributed by atoms with Crippen LogP contribution >= 0.6 is 0 Å². The van der Waals surface area contributed by atoms with Crippen LogP contribution in [0.3, 0.4) is 0 Å². The number of carbonyl (C=O) groups excluding carboxylic acids is 4. The number of urea groups is 1. The molecule has 0 radical (unpaired) electrons. The topological polar surface area (TPSA) is 78.0 Å². The van der Waals surface area contributed by atoms with Crippen molar-refractivity contribution < 1.29 is 19.2 Å². The van der Waals surface area contributed by atoms with Crippen molar-refractivity contribution in [2.24, 2.45) is 5.92 Å². The van der Waals surface area contributed by atoms with E-state index < -0.39 is 24.4 Å². The van der Waals surface area contributed by atoms with Crippen LogP contribution in [0.5, 0.6) is 0 Å². The van der Waals surface area contributed by atoms with Gasteiger partial charge >= 0.3 is 17.8 Å². The van der Waals surface area contributed by atoms with Gasteiger partial charge in [0.25, 0.3) is 0 Å². The number of hydrogen-bond acceptors (Lipinski definition) is 4. The summed E-state index contributed by atoms with van der Waals surface area (Å²) < 4.78 is 0. The van der Waals surface area contributed by atoms with Crippen LogP contribution < -0.4 is 0 Å². The summed E-state index contributed by atoms with van der Waals surface area (Å²) in [7, 11) is 0. The molecule has 2 heterocycles. The van der Waals surface area contributed by atoms with Crippen molar-refractivity contribution in [2.75, 3.05) is 26.2 Å². The van der Waals surface area contributed by atoms with Gasteiger partial charge in [0.2, 0.25) is 5.91 Å². The van der Waals surface area contributed by atoms with Crippen molar-refractivity contribution in [1.82, 2.24) is 14.7 Å². The van der Waals surface area contributed by atoms with E-state index in [4.69, 9.17) is 0 Å². The summed E-state index contributed by atoms with van der Waals surface area (Å²) in [4.78, 5) is 52.3. The molecule has 27 heavy (non-hydrogen) atoms. The normalized spacial score (nSPS) is 17.8. The third-order valence-corrected chi connectivity index (χ3v) is 4.68. The van der Waals surface area contributed by atoms with E-state index in [9.17, 15) is 19.2 Å². The molecule has 7 heteroatoms. The molecule has 2 aliphatic rings. The lowest BCUT2D eigenvalue weighted by Crippen LogP contribution is -2.45. The Morgan fingerprint density at radius 3 is 2.30 bits per heavy atom. The lowest BCUT2D eigenvalue weighted by Gasteiger charge is -2.28. The molecule has 0 atom stereocenters. The summed E-state index contributed by atoms with van der Waals surface area (Å²) in [6.07, 6.45) is 2.69. The summed E-state index contributed by atoms with van der Waals surface area (Å²) in [6, 6.07) is 9.25. The second kappa shape index (κ2) is 7.73. The molecule has 1 aromatic rings. The molecule has 1 fully saturated rings. The molecular formula is C20H23N3O4. The van der Waals surface area contributed by atoms with Crippen LogP contribution in [-0.4, -0.2) is 64.6 Å². The molecule has 0 aliphatic carbocycles. The summed E-state index contributed by atoms with van der Waals surface area (Å²) in [6.45, 7) is 4.41. The maximum atomic E-state index is 12.5. The average Bonchev–Trinajstić information content (AvgIpc) is 2.86. The van der Waals surface area contributed by atoms with Crippen molar-refractivity contribution in [3.8, 4) is 0 Å². The van der Waals surface area contributed by atoms with E-state index in [-0.39, 0.29) is 18.4 Å². The lowest BCUT2D eigenvalue weighted by molar-refractivity contribution is -0.145. The number of imide groups is 2. The highest BCUT2D eigenvalue weighted by atomic mass is 16.2. The maximum absolute atomic E-state index is 12.5. The summed E-state index contributed by atoms with van der Waals surface area (Å²) in [5, 5.41) is 0. The van der Waals surface area contributed by atoms with Crippen LogP contribution in [0.25, 0.3) is 5.57 Å². The molecule has 1 aromatic carbocycles. The standard InChI is InChI=1S/C20H23N3O4/c1-14(2)12-22-18(25)19(26)23(20(22)27)13-17(24)21-10-8-16(9-11-21)15-6-4-3-5-7-15/h3-8,14H,9-13H2,1-2H3.